The lowest BCUT2D eigenvalue weighted by Gasteiger charge is -2.07. The molecule has 3 aromatic carbocycles. The molecule has 0 aliphatic carbocycles. The van der Waals surface area contributed by atoms with Gasteiger partial charge in [0.2, 0.25) is 0 Å². The number of methoxy groups -OCH3 is 2. The molecule has 0 aliphatic rings. The zero-order chi connectivity index (χ0) is 15.4. The van der Waals surface area contributed by atoms with Gasteiger partial charge in [0.05, 0.1) is 14.2 Å². The van der Waals surface area contributed by atoms with Gasteiger partial charge < -0.3 is 9.47 Å². The molecule has 0 unspecified atom stereocenters. The highest BCUT2D eigenvalue weighted by atomic mass is 16.5. The third kappa shape index (κ3) is 2.63. The standard InChI is InChI=1S/C18H16N2O2/c1-21-16-10-6-5-9-15(16)19-20-18-14-8-4-3-7-13(14)11-12-17(18)22-2/h3-12H,1-2H3. The van der Waals surface area contributed by atoms with Gasteiger partial charge in [0.1, 0.15) is 22.9 Å². The Labute approximate surface area is 129 Å². The minimum Gasteiger partial charge on any atom is -0.494 e. The Morgan fingerprint density at radius 3 is 2.23 bits per heavy atom. The summed E-state index contributed by atoms with van der Waals surface area (Å²) in [6, 6.07) is 19.4. The van der Waals surface area contributed by atoms with Gasteiger partial charge in [-0.15, -0.1) is 10.2 Å². The molecule has 3 rings (SSSR count). The lowest BCUT2D eigenvalue weighted by atomic mass is 10.1. The monoisotopic (exact) mass is 292 g/mol. The molecule has 0 radical (unpaired) electrons. The normalized spacial score (nSPS) is 11.0. The van der Waals surface area contributed by atoms with Crippen LogP contribution in [0.3, 0.4) is 0 Å². The van der Waals surface area contributed by atoms with E-state index in [1.165, 1.54) is 0 Å². The number of hydrogen-bond donors (Lipinski definition) is 0. The molecule has 3 aromatic rings. The lowest BCUT2D eigenvalue weighted by Crippen LogP contribution is -1.85. The number of rotatable bonds is 4. The zero-order valence-electron chi connectivity index (χ0n) is 12.5. The second kappa shape index (κ2) is 6.26. The quantitative estimate of drug-likeness (QED) is 0.614. The summed E-state index contributed by atoms with van der Waals surface area (Å²) in [4.78, 5) is 0. The molecule has 4 heteroatoms. The van der Waals surface area contributed by atoms with Gasteiger partial charge in [0.15, 0.2) is 0 Å². The molecule has 0 saturated heterocycles. The summed E-state index contributed by atoms with van der Waals surface area (Å²) in [6.45, 7) is 0. The van der Waals surface area contributed by atoms with Crippen molar-refractivity contribution in [1.82, 2.24) is 0 Å². The van der Waals surface area contributed by atoms with Crippen LogP contribution in [0.5, 0.6) is 11.5 Å². The molecule has 0 N–H and O–H groups in total. The highest BCUT2D eigenvalue weighted by Crippen LogP contribution is 2.37. The first-order valence-electron chi connectivity index (χ1n) is 6.94. The summed E-state index contributed by atoms with van der Waals surface area (Å²) < 4.78 is 10.7. The Bertz CT molecular complexity index is 828. The van der Waals surface area contributed by atoms with E-state index in [0.29, 0.717) is 22.9 Å². The maximum Gasteiger partial charge on any atom is 0.147 e. The summed E-state index contributed by atoms with van der Waals surface area (Å²) in [5.74, 6) is 1.38. The summed E-state index contributed by atoms with van der Waals surface area (Å²) in [5.41, 5.74) is 1.39. The van der Waals surface area contributed by atoms with Gasteiger partial charge in [-0.25, -0.2) is 0 Å². The molecule has 0 bridgehead atoms. The largest absolute Gasteiger partial charge is 0.494 e. The predicted molar refractivity (Wildman–Crippen MR) is 87.7 cm³/mol. The van der Waals surface area contributed by atoms with Gasteiger partial charge in [0, 0.05) is 5.39 Å². The number of nitrogens with zero attached hydrogens (tertiary/aromatic N) is 2. The molecular weight excluding hydrogens is 276 g/mol. The van der Waals surface area contributed by atoms with Gasteiger partial charge in [-0.2, -0.15) is 0 Å². The van der Waals surface area contributed by atoms with Crippen molar-refractivity contribution >= 4 is 22.1 Å². The van der Waals surface area contributed by atoms with Crippen LogP contribution in [0.15, 0.2) is 70.9 Å². The third-order valence-corrected chi connectivity index (χ3v) is 3.43. The number of azo groups is 1. The first-order valence-corrected chi connectivity index (χ1v) is 6.94. The van der Waals surface area contributed by atoms with E-state index in [1.807, 2.05) is 60.7 Å². The SMILES string of the molecule is COc1ccccc1N=Nc1c(OC)ccc2ccccc12. The molecule has 0 spiro atoms. The summed E-state index contributed by atoms with van der Waals surface area (Å²) in [5, 5.41) is 10.8. The molecule has 0 aliphatic heterocycles. The van der Waals surface area contributed by atoms with Crippen molar-refractivity contribution < 1.29 is 9.47 Å². The van der Waals surface area contributed by atoms with Crippen LogP contribution in [0.25, 0.3) is 10.8 Å². The predicted octanol–water partition coefficient (Wildman–Crippen LogP) is 5.27. The topological polar surface area (TPSA) is 43.2 Å². The second-order valence-corrected chi connectivity index (χ2v) is 4.71. The van der Waals surface area contributed by atoms with Gasteiger partial charge in [0.25, 0.3) is 0 Å². The summed E-state index contributed by atoms with van der Waals surface area (Å²) >= 11 is 0. The summed E-state index contributed by atoms with van der Waals surface area (Å²) in [6.07, 6.45) is 0. The smallest absolute Gasteiger partial charge is 0.147 e. The van der Waals surface area contributed by atoms with Crippen LogP contribution in [0.2, 0.25) is 0 Å². The van der Waals surface area contributed by atoms with Crippen molar-refractivity contribution in [2.24, 2.45) is 10.2 Å². The zero-order valence-corrected chi connectivity index (χ0v) is 12.5. The molecule has 0 atom stereocenters. The fourth-order valence-electron chi connectivity index (χ4n) is 2.32. The maximum absolute atomic E-state index is 5.41. The Morgan fingerprint density at radius 2 is 1.41 bits per heavy atom. The van der Waals surface area contributed by atoms with Crippen LogP contribution >= 0.6 is 0 Å². The van der Waals surface area contributed by atoms with E-state index in [9.17, 15) is 0 Å². The Kier molecular flexibility index (Phi) is 4.01. The van der Waals surface area contributed by atoms with Crippen molar-refractivity contribution in [1.29, 1.82) is 0 Å². The number of benzene rings is 3. The van der Waals surface area contributed by atoms with E-state index in [4.69, 9.17) is 9.47 Å². The van der Waals surface area contributed by atoms with Crippen molar-refractivity contribution in [3.63, 3.8) is 0 Å². The minimum absolute atomic E-state index is 0.681. The lowest BCUT2D eigenvalue weighted by molar-refractivity contribution is 0.414. The molecule has 0 amide bonds. The molecule has 0 fully saturated rings. The van der Waals surface area contributed by atoms with E-state index >= 15 is 0 Å². The fraction of sp³-hybridized carbons (Fsp3) is 0.111. The molecule has 0 aromatic heterocycles. The molecule has 0 saturated carbocycles. The van der Waals surface area contributed by atoms with E-state index in [1.54, 1.807) is 14.2 Å². The summed E-state index contributed by atoms with van der Waals surface area (Å²) in [7, 11) is 3.25. The van der Waals surface area contributed by atoms with Crippen LogP contribution in [-0.2, 0) is 0 Å². The first kappa shape index (κ1) is 14.1. The van der Waals surface area contributed by atoms with E-state index in [0.717, 1.165) is 10.8 Å². The molecular formula is C18H16N2O2. The van der Waals surface area contributed by atoms with Crippen molar-refractivity contribution in [3.05, 3.63) is 60.7 Å². The van der Waals surface area contributed by atoms with Gasteiger partial charge >= 0.3 is 0 Å². The number of fused-ring (bicyclic) bond motifs is 1. The van der Waals surface area contributed by atoms with Crippen LogP contribution in [0.4, 0.5) is 11.4 Å². The molecule has 110 valence electrons. The average molecular weight is 292 g/mol. The average Bonchev–Trinajstić information content (AvgIpc) is 2.59. The molecule has 4 nitrogen and oxygen atoms in total. The van der Waals surface area contributed by atoms with E-state index in [2.05, 4.69) is 10.2 Å². The number of ether oxygens (including phenoxy) is 2. The van der Waals surface area contributed by atoms with Crippen LogP contribution in [0.1, 0.15) is 0 Å². The van der Waals surface area contributed by atoms with Crippen LogP contribution in [-0.4, -0.2) is 14.2 Å². The Morgan fingerprint density at radius 1 is 0.682 bits per heavy atom. The Hall–Kier alpha value is -2.88. The van der Waals surface area contributed by atoms with Gasteiger partial charge in [-0.3, -0.25) is 0 Å². The highest BCUT2D eigenvalue weighted by Gasteiger charge is 2.08. The van der Waals surface area contributed by atoms with Crippen LogP contribution in [0, 0.1) is 0 Å². The maximum atomic E-state index is 5.41. The fourth-order valence-corrected chi connectivity index (χ4v) is 2.32. The number of para-hydroxylation sites is 1. The van der Waals surface area contributed by atoms with Gasteiger partial charge in [-0.05, 0) is 23.6 Å². The second-order valence-electron chi connectivity index (χ2n) is 4.71. The third-order valence-electron chi connectivity index (χ3n) is 3.43. The minimum atomic E-state index is 0.681. The molecule has 22 heavy (non-hydrogen) atoms. The Balaban J connectivity index is 2.11. The highest BCUT2D eigenvalue weighted by molar-refractivity contribution is 5.95. The van der Waals surface area contributed by atoms with Gasteiger partial charge in [-0.1, -0.05) is 42.5 Å². The first-order chi connectivity index (χ1) is 10.8. The van der Waals surface area contributed by atoms with Crippen molar-refractivity contribution in [2.45, 2.75) is 0 Å². The van der Waals surface area contributed by atoms with E-state index < -0.39 is 0 Å². The van der Waals surface area contributed by atoms with Crippen molar-refractivity contribution in [3.8, 4) is 11.5 Å². The van der Waals surface area contributed by atoms with E-state index in [-0.39, 0.29) is 0 Å². The molecule has 0 heterocycles. The van der Waals surface area contributed by atoms with Crippen LogP contribution < -0.4 is 9.47 Å². The number of hydrogen-bond acceptors (Lipinski definition) is 4. The van der Waals surface area contributed by atoms with Crippen molar-refractivity contribution in [2.75, 3.05) is 14.2 Å².